The van der Waals surface area contributed by atoms with Gasteiger partial charge in [0.05, 0.1) is 24.9 Å². The van der Waals surface area contributed by atoms with E-state index in [0.717, 1.165) is 6.92 Å². The van der Waals surface area contributed by atoms with Gasteiger partial charge in [0.2, 0.25) is 5.91 Å². The first-order valence-corrected chi connectivity index (χ1v) is 18.2. The molecule has 1 amide bonds. The zero-order chi connectivity index (χ0) is 42.4. The molecular formula is C32H53NO24. The van der Waals surface area contributed by atoms with Crippen molar-refractivity contribution in [3.8, 4) is 0 Å². The first-order valence-electron chi connectivity index (χ1n) is 18.2. The van der Waals surface area contributed by atoms with Crippen LogP contribution >= 0.6 is 0 Å². The number of hydrogen-bond donors (Lipinski definition) is 14. The Morgan fingerprint density at radius 2 is 1.00 bits per heavy atom. The lowest BCUT2D eigenvalue weighted by Gasteiger charge is -2.51. The Hall–Kier alpha value is -1.90. The van der Waals surface area contributed by atoms with Crippen LogP contribution in [0.3, 0.4) is 0 Å². The Morgan fingerprint density at radius 3 is 1.60 bits per heavy atom. The van der Waals surface area contributed by atoms with E-state index in [1.807, 2.05) is 0 Å². The highest BCUT2D eigenvalue weighted by Crippen LogP contribution is 2.37. The summed E-state index contributed by atoms with van der Waals surface area (Å²) < 4.78 is 51.6. The van der Waals surface area contributed by atoms with E-state index in [1.54, 1.807) is 0 Å². The van der Waals surface area contributed by atoms with Crippen LogP contribution < -0.4 is 5.32 Å². The predicted octanol–water partition coefficient (Wildman–Crippen LogP) is -8.61. The zero-order valence-corrected chi connectivity index (χ0v) is 30.9. The lowest BCUT2D eigenvalue weighted by atomic mass is 9.94. The van der Waals surface area contributed by atoms with E-state index in [2.05, 4.69) is 5.32 Å². The second-order valence-corrected chi connectivity index (χ2v) is 14.7. The molecule has 5 fully saturated rings. The second-order valence-electron chi connectivity index (χ2n) is 14.7. The largest absolute Gasteiger partial charge is 0.479 e. The summed E-state index contributed by atoms with van der Waals surface area (Å²) in [5, 5.41) is 140. The van der Waals surface area contributed by atoms with Gasteiger partial charge in [0.1, 0.15) is 97.6 Å². The Bertz CT molecular complexity index is 1340. The van der Waals surface area contributed by atoms with Crippen molar-refractivity contribution in [2.75, 3.05) is 6.61 Å². The van der Waals surface area contributed by atoms with E-state index in [9.17, 15) is 76.0 Å². The minimum Gasteiger partial charge on any atom is -0.479 e. The van der Waals surface area contributed by atoms with Crippen molar-refractivity contribution >= 4 is 11.9 Å². The molecule has 0 aromatic rings. The molecule has 25 nitrogen and oxygen atoms in total. The van der Waals surface area contributed by atoms with Gasteiger partial charge in [0.25, 0.3) is 0 Å². The highest BCUT2D eigenvalue weighted by Gasteiger charge is 2.57. The maximum absolute atomic E-state index is 12.6. The second kappa shape index (κ2) is 18.8. The molecule has 25 heteroatoms. The summed E-state index contributed by atoms with van der Waals surface area (Å²) in [5.74, 6) is -2.61. The molecule has 5 rings (SSSR count). The van der Waals surface area contributed by atoms with Crippen LogP contribution in [0.15, 0.2) is 0 Å². The fourth-order valence-corrected chi connectivity index (χ4v) is 7.21. The quantitative estimate of drug-likeness (QED) is 0.0919. The number of nitrogens with one attached hydrogen (secondary N) is 1. The highest BCUT2D eigenvalue weighted by molar-refractivity contribution is 5.73. The van der Waals surface area contributed by atoms with Crippen LogP contribution in [0.1, 0.15) is 27.7 Å². The fraction of sp³-hybridized carbons (Fsp3) is 0.938. The average Bonchev–Trinajstić information content (AvgIpc) is 3.15. The van der Waals surface area contributed by atoms with Crippen molar-refractivity contribution in [2.24, 2.45) is 0 Å². The molecule has 5 aliphatic rings. The number of aliphatic hydroxyl groups excluding tert-OH is 12. The summed E-state index contributed by atoms with van der Waals surface area (Å²) in [4.78, 5) is 24.4. The molecular weight excluding hydrogens is 782 g/mol. The number of carboxylic acid groups (broad SMARTS) is 1. The van der Waals surface area contributed by atoms with Gasteiger partial charge in [-0.3, -0.25) is 4.79 Å². The van der Waals surface area contributed by atoms with Crippen LogP contribution in [0.4, 0.5) is 0 Å². The standard InChI is InChI=1S/C32H53NO24/c1-6-12(36)16(40)19(43)30(50-6)55-24-14(38)8(3)51-32(54-23-13(37)7(2)49-28(48)21(23)45)26(24)57-29-11(33-9(4)35)22(15(39)10(5-34)52-29)53-31-20(44)17(41)18(42)25(56-31)27(46)47/h6-8,10-26,28-32,34,36-45,48H,5H2,1-4H3,(H,33,35)(H,46,47)/t6-,7-,8-,10+,11+,12-,13-,14-,15+,16+,17-,18+,19+,20+,21+,22+,23+,24+,25-,26+,28+,29-,30-,31+,32-/m0/s1. The van der Waals surface area contributed by atoms with Gasteiger partial charge in [-0.05, 0) is 20.8 Å². The van der Waals surface area contributed by atoms with Crippen LogP contribution in [0.25, 0.3) is 0 Å². The summed E-state index contributed by atoms with van der Waals surface area (Å²) in [5.41, 5.74) is 0. The fourth-order valence-electron chi connectivity index (χ4n) is 7.21. The molecule has 0 unspecified atom stereocenters. The maximum Gasteiger partial charge on any atom is 0.335 e. The summed E-state index contributed by atoms with van der Waals surface area (Å²) in [6.07, 6.45) is -43.3. The third-order valence-electron chi connectivity index (χ3n) is 10.6. The van der Waals surface area contributed by atoms with E-state index in [4.69, 9.17) is 42.6 Å². The number of carboxylic acids is 1. The molecule has 5 heterocycles. The molecule has 0 bridgehead atoms. The van der Waals surface area contributed by atoms with E-state index in [0.29, 0.717) is 0 Å². The molecule has 57 heavy (non-hydrogen) atoms. The smallest absolute Gasteiger partial charge is 0.335 e. The highest BCUT2D eigenvalue weighted by atomic mass is 16.8. The predicted molar refractivity (Wildman–Crippen MR) is 174 cm³/mol. The van der Waals surface area contributed by atoms with Gasteiger partial charge in [-0.25, -0.2) is 4.79 Å². The van der Waals surface area contributed by atoms with Gasteiger partial charge in [-0.2, -0.15) is 0 Å². The molecule has 330 valence electrons. The summed E-state index contributed by atoms with van der Waals surface area (Å²) in [7, 11) is 0. The number of aliphatic carboxylic acids is 1. The van der Waals surface area contributed by atoms with Crippen LogP contribution in [-0.2, 0) is 52.2 Å². The van der Waals surface area contributed by atoms with E-state index < -0.39 is 172 Å². The maximum atomic E-state index is 12.6. The van der Waals surface area contributed by atoms with Crippen molar-refractivity contribution in [1.29, 1.82) is 0 Å². The van der Waals surface area contributed by atoms with E-state index >= 15 is 0 Å². The van der Waals surface area contributed by atoms with E-state index in [-0.39, 0.29) is 0 Å². The van der Waals surface area contributed by atoms with Crippen molar-refractivity contribution in [1.82, 2.24) is 5.32 Å². The minimum absolute atomic E-state index is 0.838. The number of hydrogen-bond acceptors (Lipinski definition) is 23. The number of carbonyl (C=O) groups is 2. The Morgan fingerprint density at radius 1 is 0.509 bits per heavy atom. The molecule has 0 saturated carbocycles. The molecule has 0 radical (unpaired) electrons. The lowest BCUT2D eigenvalue weighted by molar-refractivity contribution is -0.400. The van der Waals surface area contributed by atoms with Crippen molar-refractivity contribution in [3.05, 3.63) is 0 Å². The monoisotopic (exact) mass is 835 g/mol. The molecule has 0 aromatic carbocycles. The van der Waals surface area contributed by atoms with Crippen molar-refractivity contribution in [3.63, 3.8) is 0 Å². The number of aliphatic hydroxyl groups is 12. The normalized spacial score (nSPS) is 52.2. The Balaban J connectivity index is 1.54. The first-order chi connectivity index (χ1) is 26.7. The summed E-state index contributed by atoms with van der Waals surface area (Å²) in [6, 6.07) is -1.75. The number of amides is 1. The van der Waals surface area contributed by atoms with Crippen molar-refractivity contribution < 1.29 is 119 Å². The van der Waals surface area contributed by atoms with Gasteiger partial charge in [0.15, 0.2) is 37.6 Å². The molecule has 25 atom stereocenters. The average molecular weight is 836 g/mol. The molecule has 0 spiro atoms. The van der Waals surface area contributed by atoms with Crippen LogP contribution in [0.2, 0.25) is 0 Å². The molecule has 0 aliphatic carbocycles. The van der Waals surface area contributed by atoms with Crippen molar-refractivity contribution in [2.45, 2.75) is 181 Å². The number of rotatable bonds is 11. The van der Waals surface area contributed by atoms with Crippen LogP contribution in [0, 0.1) is 0 Å². The molecule has 5 saturated heterocycles. The number of ether oxygens (including phenoxy) is 9. The SMILES string of the molecule is CC(=O)N[C@H]1[C@H](O[C@H]2[C@H](O[C@@H]3[C@@H](O)[C@H](C)O[C@@H](O)[C@@H]3O)O[C@@H](C)[C@H](O)[C@H]2O[C@@H]2O[C@@H](C)[C@H](O)[C@@H](O)[C@H]2O)O[C@H](CO)[C@@H](O)[C@@H]1O[C@@H]1O[C@H](C(=O)O)[C@H](O)[C@H](O)[C@H]1O. The third-order valence-corrected chi connectivity index (χ3v) is 10.6. The lowest BCUT2D eigenvalue weighted by Crippen LogP contribution is -2.70. The van der Waals surface area contributed by atoms with Crippen LogP contribution in [-0.4, -0.2) is 238 Å². The summed E-state index contributed by atoms with van der Waals surface area (Å²) >= 11 is 0. The van der Waals surface area contributed by atoms with Gasteiger partial charge in [0, 0.05) is 6.92 Å². The van der Waals surface area contributed by atoms with E-state index in [1.165, 1.54) is 20.8 Å². The van der Waals surface area contributed by atoms with Crippen LogP contribution in [0.5, 0.6) is 0 Å². The first kappa shape index (κ1) is 46.2. The van der Waals surface area contributed by atoms with Gasteiger partial charge < -0.3 is 114 Å². The third kappa shape index (κ3) is 9.54. The van der Waals surface area contributed by atoms with Gasteiger partial charge >= 0.3 is 5.97 Å². The minimum atomic E-state index is -2.16. The van der Waals surface area contributed by atoms with Gasteiger partial charge in [-0.1, -0.05) is 0 Å². The Labute approximate surface area is 323 Å². The van der Waals surface area contributed by atoms with Gasteiger partial charge in [-0.15, -0.1) is 0 Å². The molecule has 5 aliphatic heterocycles. The molecule has 0 aromatic heterocycles. The Kier molecular flexibility index (Phi) is 15.2. The topological polar surface area (TPSA) is 392 Å². The zero-order valence-electron chi connectivity index (χ0n) is 30.9. The summed E-state index contributed by atoms with van der Waals surface area (Å²) in [6.45, 7) is 4.07. The molecule has 14 N–H and O–H groups in total. The number of carbonyl (C=O) groups excluding carboxylic acids is 1.